The van der Waals surface area contributed by atoms with Crippen LogP contribution in [0.5, 0.6) is 0 Å². The largest absolute Gasteiger partial charge is 0.355 e. The predicted molar refractivity (Wildman–Crippen MR) is 64.6 cm³/mol. The van der Waals surface area contributed by atoms with Gasteiger partial charge >= 0.3 is 0 Å². The molecule has 1 aromatic rings. The SMILES string of the molecule is CCc1cc2c(c(C(=O)NC)c1)CNCC2. The Bertz CT molecular complexity index is 413. The standard InChI is InChI=1S/C13H18N2O/c1-3-9-6-10-4-5-15-8-12(10)11(7-9)13(16)14-2/h6-7,15H,3-5,8H2,1-2H3,(H,14,16). The van der Waals surface area contributed by atoms with Crippen molar-refractivity contribution in [2.24, 2.45) is 0 Å². The Morgan fingerprint density at radius 2 is 2.31 bits per heavy atom. The first-order chi connectivity index (χ1) is 7.76. The number of rotatable bonds is 2. The summed E-state index contributed by atoms with van der Waals surface area (Å²) in [6, 6.07) is 4.26. The summed E-state index contributed by atoms with van der Waals surface area (Å²) in [7, 11) is 1.68. The summed E-state index contributed by atoms with van der Waals surface area (Å²) in [5, 5.41) is 6.03. The van der Waals surface area contributed by atoms with Crippen LogP contribution in [0.2, 0.25) is 0 Å². The second kappa shape index (κ2) is 4.66. The highest BCUT2D eigenvalue weighted by Gasteiger charge is 2.17. The topological polar surface area (TPSA) is 41.1 Å². The number of carbonyl (C=O) groups excluding carboxylic acids is 1. The fourth-order valence-corrected chi connectivity index (χ4v) is 2.21. The summed E-state index contributed by atoms with van der Waals surface area (Å²) in [6.07, 6.45) is 2.00. The molecule has 1 aliphatic heterocycles. The van der Waals surface area contributed by atoms with E-state index < -0.39 is 0 Å². The number of nitrogens with one attached hydrogen (secondary N) is 2. The maximum atomic E-state index is 11.8. The van der Waals surface area contributed by atoms with Crippen LogP contribution in [-0.4, -0.2) is 19.5 Å². The van der Waals surface area contributed by atoms with E-state index in [0.717, 1.165) is 31.5 Å². The second-order valence-corrected chi connectivity index (χ2v) is 4.14. The molecule has 1 aliphatic rings. The Morgan fingerprint density at radius 3 is 3.00 bits per heavy atom. The summed E-state index contributed by atoms with van der Waals surface area (Å²) in [5.41, 5.74) is 4.59. The third kappa shape index (κ3) is 1.95. The lowest BCUT2D eigenvalue weighted by molar-refractivity contribution is 0.0961. The molecule has 0 bridgehead atoms. The van der Waals surface area contributed by atoms with E-state index in [-0.39, 0.29) is 5.91 Å². The first-order valence-electron chi connectivity index (χ1n) is 5.83. The molecular formula is C13H18N2O. The zero-order chi connectivity index (χ0) is 11.5. The van der Waals surface area contributed by atoms with Crippen molar-refractivity contribution in [1.29, 1.82) is 0 Å². The molecule has 86 valence electrons. The predicted octanol–water partition coefficient (Wildman–Crippen LogP) is 1.25. The molecule has 3 nitrogen and oxygen atoms in total. The van der Waals surface area contributed by atoms with Crippen molar-refractivity contribution in [3.05, 3.63) is 34.4 Å². The van der Waals surface area contributed by atoms with Gasteiger partial charge in [0.15, 0.2) is 0 Å². The molecule has 3 heteroatoms. The minimum Gasteiger partial charge on any atom is -0.355 e. The zero-order valence-corrected chi connectivity index (χ0v) is 9.89. The molecule has 1 amide bonds. The first-order valence-corrected chi connectivity index (χ1v) is 5.83. The molecule has 0 aromatic heterocycles. The molecule has 0 spiro atoms. The van der Waals surface area contributed by atoms with Crippen LogP contribution in [0.3, 0.4) is 0 Å². The number of amides is 1. The fourth-order valence-electron chi connectivity index (χ4n) is 2.21. The Morgan fingerprint density at radius 1 is 1.50 bits per heavy atom. The first kappa shape index (κ1) is 11.1. The third-order valence-electron chi connectivity index (χ3n) is 3.15. The summed E-state index contributed by atoms with van der Waals surface area (Å²) in [5.74, 6) is 0.0234. The fraction of sp³-hybridized carbons (Fsp3) is 0.462. The summed E-state index contributed by atoms with van der Waals surface area (Å²) in [4.78, 5) is 11.8. The van der Waals surface area contributed by atoms with Gasteiger partial charge in [0.25, 0.3) is 5.91 Å². The van der Waals surface area contributed by atoms with Gasteiger partial charge in [0.05, 0.1) is 0 Å². The lowest BCUT2D eigenvalue weighted by atomic mass is 9.92. The molecule has 1 aromatic carbocycles. The molecule has 0 atom stereocenters. The van der Waals surface area contributed by atoms with Crippen LogP contribution in [0.1, 0.15) is 34.0 Å². The zero-order valence-electron chi connectivity index (χ0n) is 9.89. The average Bonchev–Trinajstić information content (AvgIpc) is 2.36. The van der Waals surface area contributed by atoms with Crippen molar-refractivity contribution in [2.75, 3.05) is 13.6 Å². The molecule has 16 heavy (non-hydrogen) atoms. The van der Waals surface area contributed by atoms with Crippen molar-refractivity contribution in [1.82, 2.24) is 10.6 Å². The maximum absolute atomic E-state index is 11.8. The van der Waals surface area contributed by atoms with E-state index in [1.807, 2.05) is 6.07 Å². The van der Waals surface area contributed by atoms with Gasteiger partial charge in [-0.2, -0.15) is 0 Å². The Kier molecular flexibility index (Phi) is 3.25. The van der Waals surface area contributed by atoms with Crippen LogP contribution in [0.15, 0.2) is 12.1 Å². The van der Waals surface area contributed by atoms with Gasteiger partial charge in [-0.05, 0) is 42.1 Å². The molecule has 2 N–H and O–H groups in total. The normalized spacial score (nSPS) is 14.4. The highest BCUT2D eigenvalue weighted by molar-refractivity contribution is 5.96. The van der Waals surface area contributed by atoms with Crippen LogP contribution in [0.25, 0.3) is 0 Å². The number of carbonyl (C=O) groups is 1. The van der Waals surface area contributed by atoms with Crippen molar-refractivity contribution in [3.63, 3.8) is 0 Å². The van der Waals surface area contributed by atoms with Gasteiger partial charge in [0.1, 0.15) is 0 Å². The average molecular weight is 218 g/mol. The second-order valence-electron chi connectivity index (χ2n) is 4.14. The molecule has 0 radical (unpaired) electrons. The minimum absolute atomic E-state index is 0.0234. The van der Waals surface area contributed by atoms with Crippen LogP contribution in [0, 0.1) is 0 Å². The van der Waals surface area contributed by atoms with E-state index in [0.29, 0.717) is 0 Å². The van der Waals surface area contributed by atoms with E-state index in [1.165, 1.54) is 16.7 Å². The molecule has 0 fully saturated rings. The summed E-state index contributed by atoms with van der Waals surface area (Å²) >= 11 is 0. The van der Waals surface area contributed by atoms with Crippen molar-refractivity contribution < 1.29 is 4.79 Å². The molecule has 2 rings (SSSR count). The number of hydrogen-bond donors (Lipinski definition) is 2. The van der Waals surface area contributed by atoms with Gasteiger partial charge in [0.2, 0.25) is 0 Å². The van der Waals surface area contributed by atoms with Gasteiger partial charge in [-0.3, -0.25) is 4.79 Å². The Labute approximate surface area is 96.2 Å². The van der Waals surface area contributed by atoms with Crippen molar-refractivity contribution in [3.8, 4) is 0 Å². The van der Waals surface area contributed by atoms with E-state index in [4.69, 9.17) is 0 Å². The van der Waals surface area contributed by atoms with Gasteiger partial charge < -0.3 is 10.6 Å². The minimum atomic E-state index is 0.0234. The highest BCUT2D eigenvalue weighted by Crippen LogP contribution is 2.21. The molecule has 1 heterocycles. The molecule has 0 unspecified atom stereocenters. The number of fused-ring (bicyclic) bond motifs is 1. The van der Waals surface area contributed by atoms with E-state index in [9.17, 15) is 4.79 Å². The van der Waals surface area contributed by atoms with Gasteiger partial charge in [-0.1, -0.05) is 13.0 Å². The van der Waals surface area contributed by atoms with Crippen LogP contribution in [-0.2, 0) is 19.4 Å². The van der Waals surface area contributed by atoms with Crippen LogP contribution in [0.4, 0.5) is 0 Å². The van der Waals surface area contributed by atoms with Gasteiger partial charge in [0, 0.05) is 19.2 Å². The molecule has 0 aliphatic carbocycles. The van der Waals surface area contributed by atoms with E-state index in [2.05, 4.69) is 23.6 Å². The maximum Gasteiger partial charge on any atom is 0.251 e. The number of benzene rings is 1. The van der Waals surface area contributed by atoms with E-state index >= 15 is 0 Å². The van der Waals surface area contributed by atoms with Gasteiger partial charge in [-0.25, -0.2) is 0 Å². The monoisotopic (exact) mass is 218 g/mol. The van der Waals surface area contributed by atoms with Gasteiger partial charge in [-0.15, -0.1) is 0 Å². The van der Waals surface area contributed by atoms with E-state index in [1.54, 1.807) is 7.05 Å². The molecular weight excluding hydrogens is 200 g/mol. The quantitative estimate of drug-likeness (QED) is 0.784. The smallest absolute Gasteiger partial charge is 0.251 e. The highest BCUT2D eigenvalue weighted by atomic mass is 16.1. The van der Waals surface area contributed by atoms with Crippen LogP contribution >= 0.6 is 0 Å². The lowest BCUT2D eigenvalue weighted by Crippen LogP contribution is -2.28. The number of aryl methyl sites for hydroxylation is 1. The Balaban J connectivity index is 2.51. The van der Waals surface area contributed by atoms with Crippen molar-refractivity contribution in [2.45, 2.75) is 26.3 Å². The number of hydrogen-bond acceptors (Lipinski definition) is 2. The summed E-state index contributed by atoms with van der Waals surface area (Å²) < 4.78 is 0. The molecule has 0 saturated carbocycles. The summed E-state index contributed by atoms with van der Waals surface area (Å²) in [6.45, 7) is 3.94. The molecule has 0 saturated heterocycles. The van der Waals surface area contributed by atoms with Crippen molar-refractivity contribution >= 4 is 5.91 Å². The Hall–Kier alpha value is -1.35. The van der Waals surface area contributed by atoms with Crippen LogP contribution < -0.4 is 10.6 Å². The lowest BCUT2D eigenvalue weighted by Gasteiger charge is -2.21. The third-order valence-corrected chi connectivity index (χ3v) is 3.15.